The molecule has 2 heterocycles. The molecule has 8 heteroatoms. The average molecular weight is 420 g/mol. The molecule has 1 aromatic carbocycles. The van der Waals surface area contributed by atoms with E-state index in [-0.39, 0.29) is 18.4 Å². The summed E-state index contributed by atoms with van der Waals surface area (Å²) < 4.78 is 30.6. The number of carbonyl (C=O) groups is 2. The Morgan fingerprint density at radius 2 is 2.00 bits per heavy atom. The molecule has 0 unspecified atom stereocenters. The van der Waals surface area contributed by atoms with E-state index in [0.29, 0.717) is 22.5 Å². The summed E-state index contributed by atoms with van der Waals surface area (Å²) in [4.78, 5) is 26.5. The zero-order valence-corrected chi connectivity index (χ0v) is 17.4. The summed E-state index contributed by atoms with van der Waals surface area (Å²) in [5, 5.41) is 0. The lowest BCUT2D eigenvalue weighted by atomic mass is 10.0. The van der Waals surface area contributed by atoms with Crippen LogP contribution >= 0.6 is 11.3 Å². The number of benzene rings is 1. The summed E-state index contributed by atoms with van der Waals surface area (Å²) in [6.45, 7) is 1.51. The Balaban J connectivity index is 1.44. The highest BCUT2D eigenvalue weighted by atomic mass is 32.2. The maximum atomic E-state index is 12.5. The van der Waals surface area contributed by atoms with Gasteiger partial charge in [0.25, 0.3) is 0 Å². The normalized spacial score (nSPS) is 18.1. The standard InChI is InChI=1S/C20H21NO5S2/c1-12-8-15-9-13(6-7-16(15)21(12)28(2,24)25)17(22)11-26-20(23)19-10-14-4-3-5-18(14)27-19/h6-7,9-10,12H,3-5,8,11H2,1-2H3/t12-/m1/s1. The van der Waals surface area contributed by atoms with Crippen LogP contribution in [0.15, 0.2) is 24.3 Å². The van der Waals surface area contributed by atoms with Crippen LogP contribution in [0.1, 0.15) is 49.4 Å². The van der Waals surface area contributed by atoms with Gasteiger partial charge in [-0.2, -0.15) is 0 Å². The molecule has 0 spiro atoms. The lowest BCUT2D eigenvalue weighted by molar-refractivity contribution is 0.0479. The Morgan fingerprint density at radius 1 is 1.21 bits per heavy atom. The maximum absolute atomic E-state index is 12.5. The van der Waals surface area contributed by atoms with E-state index in [2.05, 4.69) is 0 Å². The first-order chi connectivity index (χ1) is 13.2. The molecule has 1 aliphatic heterocycles. The van der Waals surface area contributed by atoms with Crippen molar-refractivity contribution in [2.24, 2.45) is 0 Å². The second-order valence-corrected chi connectivity index (χ2v) is 10.4. The second-order valence-electron chi connectivity index (χ2n) is 7.37. The molecule has 1 aliphatic carbocycles. The molecule has 2 aromatic rings. The molecule has 0 saturated heterocycles. The minimum Gasteiger partial charge on any atom is -0.453 e. The van der Waals surface area contributed by atoms with Gasteiger partial charge in [0.1, 0.15) is 4.88 Å². The highest BCUT2D eigenvalue weighted by Gasteiger charge is 2.32. The third-order valence-corrected chi connectivity index (χ3v) is 7.68. The van der Waals surface area contributed by atoms with Crippen molar-refractivity contribution in [1.29, 1.82) is 0 Å². The van der Waals surface area contributed by atoms with Gasteiger partial charge < -0.3 is 4.74 Å². The van der Waals surface area contributed by atoms with Crippen LogP contribution in [0.2, 0.25) is 0 Å². The zero-order valence-electron chi connectivity index (χ0n) is 15.7. The SMILES string of the molecule is C[C@@H]1Cc2cc(C(=O)COC(=O)c3cc4c(s3)CCC4)ccc2N1S(C)(=O)=O. The van der Waals surface area contributed by atoms with Crippen molar-refractivity contribution in [3.63, 3.8) is 0 Å². The number of thiophene rings is 1. The Hall–Kier alpha value is -2.19. The second kappa shape index (κ2) is 7.00. The molecule has 1 atom stereocenters. The van der Waals surface area contributed by atoms with E-state index in [1.807, 2.05) is 13.0 Å². The fraction of sp³-hybridized carbons (Fsp3) is 0.400. The lowest BCUT2D eigenvalue weighted by Crippen LogP contribution is -2.34. The van der Waals surface area contributed by atoms with Crippen LogP contribution in [0.4, 0.5) is 5.69 Å². The molecule has 0 N–H and O–H groups in total. The van der Waals surface area contributed by atoms with Gasteiger partial charge in [-0.3, -0.25) is 9.10 Å². The molecular formula is C20H21NO5S2. The first-order valence-electron chi connectivity index (χ1n) is 9.18. The van der Waals surface area contributed by atoms with Gasteiger partial charge in [-0.25, -0.2) is 13.2 Å². The minimum absolute atomic E-state index is 0.186. The first kappa shape index (κ1) is 19.1. The van der Waals surface area contributed by atoms with E-state index in [9.17, 15) is 18.0 Å². The number of nitrogens with zero attached hydrogens (tertiary/aromatic N) is 1. The Bertz CT molecular complexity index is 1050. The van der Waals surface area contributed by atoms with E-state index in [0.717, 1.165) is 24.8 Å². The van der Waals surface area contributed by atoms with E-state index < -0.39 is 16.0 Å². The highest BCUT2D eigenvalue weighted by molar-refractivity contribution is 7.92. The smallest absolute Gasteiger partial charge is 0.348 e. The maximum Gasteiger partial charge on any atom is 0.348 e. The summed E-state index contributed by atoms with van der Waals surface area (Å²) in [6, 6.07) is 6.63. The van der Waals surface area contributed by atoms with E-state index in [1.54, 1.807) is 18.2 Å². The van der Waals surface area contributed by atoms with E-state index in [4.69, 9.17) is 4.74 Å². The largest absolute Gasteiger partial charge is 0.453 e. The summed E-state index contributed by atoms with van der Waals surface area (Å²) in [5.41, 5.74) is 3.05. The van der Waals surface area contributed by atoms with Crippen molar-refractivity contribution in [2.75, 3.05) is 17.2 Å². The van der Waals surface area contributed by atoms with Gasteiger partial charge in [0, 0.05) is 16.5 Å². The van der Waals surface area contributed by atoms with Crippen molar-refractivity contribution in [1.82, 2.24) is 0 Å². The number of esters is 1. The molecule has 0 bridgehead atoms. The van der Waals surface area contributed by atoms with Gasteiger partial charge >= 0.3 is 5.97 Å². The monoisotopic (exact) mass is 419 g/mol. The quantitative estimate of drug-likeness (QED) is 0.550. The average Bonchev–Trinajstić information content (AvgIpc) is 3.29. The molecule has 0 saturated carbocycles. The van der Waals surface area contributed by atoms with E-state index >= 15 is 0 Å². The number of Topliss-reactive ketones (excluding diaryl/α,β-unsaturated/α-hetero) is 1. The molecular weight excluding hydrogens is 398 g/mol. The van der Waals surface area contributed by atoms with Gasteiger partial charge in [-0.15, -0.1) is 11.3 Å². The summed E-state index contributed by atoms with van der Waals surface area (Å²) in [5.74, 6) is -0.767. The van der Waals surface area contributed by atoms with Crippen molar-refractivity contribution in [2.45, 2.75) is 38.6 Å². The third-order valence-electron chi connectivity index (χ3n) is 5.19. The van der Waals surface area contributed by atoms with Gasteiger partial charge in [0.2, 0.25) is 10.0 Å². The van der Waals surface area contributed by atoms with Crippen molar-refractivity contribution in [3.05, 3.63) is 50.7 Å². The number of ketones is 1. The summed E-state index contributed by atoms with van der Waals surface area (Å²) in [7, 11) is -3.37. The highest BCUT2D eigenvalue weighted by Crippen LogP contribution is 2.35. The van der Waals surface area contributed by atoms with Crippen molar-refractivity contribution >= 4 is 38.8 Å². The van der Waals surface area contributed by atoms with Crippen LogP contribution in [0.3, 0.4) is 0 Å². The fourth-order valence-electron chi connectivity index (χ4n) is 4.00. The van der Waals surface area contributed by atoms with Crippen molar-refractivity contribution < 1.29 is 22.7 Å². The predicted octanol–water partition coefficient (Wildman–Crippen LogP) is 2.99. The minimum atomic E-state index is -3.37. The molecule has 28 heavy (non-hydrogen) atoms. The van der Waals surface area contributed by atoms with Gasteiger partial charge in [-0.05, 0) is 68.0 Å². The summed E-state index contributed by atoms with van der Waals surface area (Å²) in [6.07, 6.45) is 4.85. The van der Waals surface area contributed by atoms with Crippen molar-refractivity contribution in [3.8, 4) is 0 Å². The third kappa shape index (κ3) is 3.46. The number of hydrogen-bond donors (Lipinski definition) is 0. The molecule has 2 aliphatic rings. The van der Waals surface area contributed by atoms with E-state index in [1.165, 1.54) is 32.3 Å². The van der Waals surface area contributed by atoms with Crippen LogP contribution in [0.5, 0.6) is 0 Å². The number of anilines is 1. The number of aryl methyl sites for hydroxylation is 2. The Labute approximate surface area is 168 Å². The number of carbonyl (C=O) groups excluding carboxylic acids is 2. The fourth-order valence-corrected chi connectivity index (χ4v) is 6.41. The summed E-state index contributed by atoms with van der Waals surface area (Å²) >= 11 is 1.45. The molecule has 0 radical (unpaired) electrons. The molecule has 0 fully saturated rings. The predicted molar refractivity (Wildman–Crippen MR) is 108 cm³/mol. The molecule has 4 rings (SSSR count). The Kier molecular flexibility index (Phi) is 4.79. The lowest BCUT2D eigenvalue weighted by Gasteiger charge is -2.21. The first-order valence-corrected chi connectivity index (χ1v) is 11.8. The van der Waals surface area contributed by atoms with Crippen LogP contribution < -0.4 is 4.31 Å². The van der Waals surface area contributed by atoms with Crippen LogP contribution in [0, 0.1) is 0 Å². The van der Waals surface area contributed by atoms with Gasteiger partial charge in [0.05, 0.1) is 11.9 Å². The molecule has 1 aromatic heterocycles. The number of rotatable bonds is 5. The van der Waals surface area contributed by atoms with Crippen LogP contribution in [-0.2, 0) is 34.0 Å². The van der Waals surface area contributed by atoms with Gasteiger partial charge in [-0.1, -0.05) is 0 Å². The van der Waals surface area contributed by atoms with Crippen LogP contribution in [-0.4, -0.2) is 39.1 Å². The number of sulfonamides is 1. The zero-order chi connectivity index (χ0) is 20.1. The number of hydrogen-bond acceptors (Lipinski definition) is 6. The molecule has 6 nitrogen and oxygen atoms in total. The number of ether oxygens (including phenoxy) is 1. The topological polar surface area (TPSA) is 80.8 Å². The van der Waals surface area contributed by atoms with Crippen LogP contribution in [0.25, 0.3) is 0 Å². The molecule has 148 valence electrons. The number of fused-ring (bicyclic) bond motifs is 2. The Morgan fingerprint density at radius 3 is 2.71 bits per heavy atom. The molecule has 0 amide bonds. The van der Waals surface area contributed by atoms with Gasteiger partial charge in [0.15, 0.2) is 12.4 Å².